The van der Waals surface area contributed by atoms with Gasteiger partial charge in [0.05, 0.1) is 44.6 Å². The quantitative estimate of drug-likeness (QED) is 0.0792. The Bertz CT molecular complexity index is 2600. The first-order chi connectivity index (χ1) is 37.4. The Balaban J connectivity index is 1.03. The van der Waals surface area contributed by atoms with Gasteiger partial charge in [-0.25, -0.2) is 0 Å². The van der Waals surface area contributed by atoms with Crippen LogP contribution in [0.15, 0.2) is 97.1 Å². The summed E-state index contributed by atoms with van der Waals surface area (Å²) >= 11 is 0. The van der Waals surface area contributed by atoms with E-state index in [4.69, 9.17) is 9.47 Å². The van der Waals surface area contributed by atoms with E-state index >= 15 is 0 Å². The van der Waals surface area contributed by atoms with Gasteiger partial charge >= 0.3 is 0 Å². The van der Waals surface area contributed by atoms with Crippen LogP contribution in [0.25, 0.3) is 10.8 Å². The van der Waals surface area contributed by atoms with Gasteiger partial charge in [0.25, 0.3) is 11.8 Å². The van der Waals surface area contributed by atoms with Crippen LogP contribution in [0.4, 0.5) is 0 Å². The molecule has 0 bridgehead atoms. The summed E-state index contributed by atoms with van der Waals surface area (Å²) in [6.07, 6.45) is 11.0. The molecule has 3 N–H and O–H groups in total. The highest BCUT2D eigenvalue weighted by atomic mass is 16.5. The number of ether oxygens (including phenoxy) is 2. The number of benzene rings is 4. The predicted octanol–water partition coefficient (Wildman–Crippen LogP) is 7.06. The number of carbonyl (C=O) groups is 6. The topological polar surface area (TPSA) is 170 Å². The maximum absolute atomic E-state index is 14.9. The van der Waals surface area contributed by atoms with Crippen molar-refractivity contribution in [3.05, 3.63) is 119 Å². The summed E-state index contributed by atoms with van der Waals surface area (Å²) in [6, 6.07) is 28.6. The third kappa shape index (κ3) is 15.1. The van der Waals surface area contributed by atoms with Gasteiger partial charge in [-0.3, -0.25) is 28.8 Å². The second-order valence-corrected chi connectivity index (χ2v) is 22.2. The number of hydrogen-bond acceptors (Lipinski definition) is 9. The van der Waals surface area contributed by atoms with Crippen molar-refractivity contribution < 1.29 is 38.2 Å². The van der Waals surface area contributed by atoms with E-state index in [1.807, 2.05) is 131 Å². The Kier molecular flexibility index (Phi) is 20.7. The van der Waals surface area contributed by atoms with Crippen molar-refractivity contribution >= 4 is 46.2 Å². The lowest BCUT2D eigenvalue weighted by atomic mass is 9.83. The fourth-order valence-corrected chi connectivity index (χ4v) is 11.7. The average molecular weight is 1050 g/mol. The standard InChI is InChI=1S/C62H83N7O8/c1-43(2)57(70)64-55(47-21-13-7-14-22-47)61(74)68-33-35-76-41-53(68)39-66(31-29-45-17-9-5-10-18-45)59(72)51-27-25-50-38-52(28-26-49(50)37-51)60(73)67(32-30-46-19-11-6-12-20-46)40-54-42-77-36-34-69(54)62(75)56(48-23-15-8-16-24-48)65-58(71)44(3)63-4/h5-6,9-12,17-20,25-28,37-38,43-44,47-48,53-56,63H,7-8,13-16,21-24,29-36,39-42H2,1-4H3,(H,64,70)(H,65,71)/t44-,53+,54+,55-,56-/m0/s1. The van der Waals surface area contributed by atoms with E-state index in [0.717, 1.165) is 86.1 Å². The molecule has 0 radical (unpaired) electrons. The van der Waals surface area contributed by atoms with Gasteiger partial charge in [-0.2, -0.15) is 0 Å². The van der Waals surface area contributed by atoms with Crippen molar-refractivity contribution in [2.75, 3.05) is 72.7 Å². The van der Waals surface area contributed by atoms with Gasteiger partial charge in [-0.05, 0) is 110 Å². The number of morpholine rings is 2. The van der Waals surface area contributed by atoms with Crippen LogP contribution in [-0.4, -0.2) is 158 Å². The zero-order chi connectivity index (χ0) is 54.3. The number of fused-ring (bicyclic) bond motifs is 1. The summed E-state index contributed by atoms with van der Waals surface area (Å²) in [5.41, 5.74) is 3.13. The molecule has 4 aromatic carbocycles. The van der Waals surface area contributed by atoms with Gasteiger partial charge in [0.1, 0.15) is 12.1 Å². The highest BCUT2D eigenvalue weighted by Crippen LogP contribution is 2.31. The van der Waals surface area contributed by atoms with E-state index in [-0.39, 0.29) is 79.5 Å². The van der Waals surface area contributed by atoms with Gasteiger partial charge in [-0.1, -0.05) is 125 Å². The van der Waals surface area contributed by atoms with E-state index < -0.39 is 30.2 Å². The molecular weight excluding hydrogens is 971 g/mol. The maximum Gasteiger partial charge on any atom is 0.253 e. The van der Waals surface area contributed by atoms with E-state index in [1.165, 1.54) is 0 Å². The van der Waals surface area contributed by atoms with Crippen molar-refractivity contribution in [3.8, 4) is 0 Å². The van der Waals surface area contributed by atoms with Crippen LogP contribution in [0, 0.1) is 17.8 Å². The Morgan fingerprint density at radius 1 is 0.558 bits per heavy atom. The summed E-state index contributed by atoms with van der Waals surface area (Å²) in [5, 5.41) is 10.9. The van der Waals surface area contributed by atoms with Gasteiger partial charge in [0, 0.05) is 56.3 Å². The molecule has 8 rings (SSSR count). The molecule has 2 saturated heterocycles. The third-order valence-corrected chi connectivity index (χ3v) is 16.5. The number of likely N-dealkylation sites (N-methyl/N-ethyl adjacent to an activating group) is 1. The van der Waals surface area contributed by atoms with Gasteiger partial charge in [0.2, 0.25) is 23.6 Å². The molecular formula is C62H83N7O8. The van der Waals surface area contributed by atoms with Crippen LogP contribution in [0.1, 0.15) is 117 Å². The molecule has 2 aliphatic heterocycles. The molecule has 2 heterocycles. The molecule has 6 amide bonds. The van der Waals surface area contributed by atoms with Gasteiger partial charge in [0.15, 0.2) is 0 Å². The molecule has 5 atom stereocenters. The molecule has 2 aliphatic carbocycles. The van der Waals surface area contributed by atoms with Crippen LogP contribution in [-0.2, 0) is 41.5 Å². The lowest BCUT2D eigenvalue weighted by Crippen LogP contribution is -2.61. The normalized spacial score (nSPS) is 19.8. The van der Waals surface area contributed by atoms with E-state index in [1.54, 1.807) is 14.0 Å². The van der Waals surface area contributed by atoms with Crippen LogP contribution in [0.3, 0.4) is 0 Å². The molecule has 0 spiro atoms. The average Bonchev–Trinajstić information content (AvgIpc) is 3.48. The highest BCUT2D eigenvalue weighted by molar-refractivity contribution is 6.02. The minimum atomic E-state index is -0.672. The zero-order valence-corrected chi connectivity index (χ0v) is 46.0. The second kappa shape index (κ2) is 27.9. The lowest BCUT2D eigenvalue weighted by Gasteiger charge is -2.42. The predicted molar refractivity (Wildman–Crippen MR) is 299 cm³/mol. The largest absolute Gasteiger partial charge is 0.377 e. The van der Waals surface area contributed by atoms with E-state index in [9.17, 15) is 28.8 Å². The smallest absolute Gasteiger partial charge is 0.253 e. The Labute approximate surface area is 456 Å². The van der Waals surface area contributed by atoms with Gasteiger partial charge in [-0.15, -0.1) is 0 Å². The summed E-state index contributed by atoms with van der Waals surface area (Å²) in [6.45, 7) is 8.77. The van der Waals surface area contributed by atoms with Crippen molar-refractivity contribution in [1.82, 2.24) is 35.6 Å². The first-order valence-corrected chi connectivity index (χ1v) is 28.6. The molecule has 0 unspecified atom stereocenters. The SMILES string of the molecule is CN[C@@H](C)C(=O)N[C@H](C(=O)N1CCOC[C@H]1CN(CCc1ccccc1)C(=O)c1ccc2cc(C(=O)N(CCc3ccccc3)C[C@@H]3COCCN3C(=O)[C@@H](NC(=O)C(C)C)C3CCCCC3)ccc2c1)C1CCCCC1. The molecule has 4 fully saturated rings. The van der Waals surface area contributed by atoms with Crippen molar-refractivity contribution in [1.29, 1.82) is 0 Å². The minimum Gasteiger partial charge on any atom is -0.377 e. The summed E-state index contributed by atoms with van der Waals surface area (Å²) in [5.74, 6) is -1.13. The number of carbonyl (C=O) groups excluding carboxylic acids is 6. The number of nitrogens with zero attached hydrogens (tertiary/aromatic N) is 4. The molecule has 77 heavy (non-hydrogen) atoms. The highest BCUT2D eigenvalue weighted by Gasteiger charge is 2.41. The van der Waals surface area contributed by atoms with Crippen LogP contribution < -0.4 is 16.0 Å². The lowest BCUT2D eigenvalue weighted by molar-refractivity contribution is -0.147. The van der Waals surface area contributed by atoms with Crippen molar-refractivity contribution in [3.63, 3.8) is 0 Å². The Hall–Kier alpha value is -6.16. The molecule has 15 nitrogen and oxygen atoms in total. The monoisotopic (exact) mass is 1050 g/mol. The van der Waals surface area contributed by atoms with Crippen LogP contribution in [0.2, 0.25) is 0 Å². The molecule has 15 heteroatoms. The third-order valence-electron chi connectivity index (χ3n) is 16.5. The van der Waals surface area contributed by atoms with Gasteiger partial charge < -0.3 is 45.0 Å². The fraction of sp³-hybridized carbons (Fsp3) is 0.548. The molecule has 2 saturated carbocycles. The number of amides is 6. The number of hydrogen-bond donors (Lipinski definition) is 3. The molecule has 414 valence electrons. The summed E-state index contributed by atoms with van der Waals surface area (Å²) in [4.78, 5) is 93.1. The summed E-state index contributed by atoms with van der Waals surface area (Å²) < 4.78 is 12.1. The second-order valence-electron chi connectivity index (χ2n) is 22.2. The van der Waals surface area contributed by atoms with Crippen LogP contribution >= 0.6 is 0 Å². The Morgan fingerprint density at radius 3 is 1.38 bits per heavy atom. The fourth-order valence-electron chi connectivity index (χ4n) is 11.7. The summed E-state index contributed by atoms with van der Waals surface area (Å²) in [7, 11) is 1.73. The van der Waals surface area contributed by atoms with Crippen molar-refractivity contribution in [2.24, 2.45) is 17.8 Å². The molecule has 4 aliphatic rings. The van der Waals surface area contributed by atoms with Crippen LogP contribution in [0.5, 0.6) is 0 Å². The first kappa shape index (κ1) is 57.0. The number of nitrogens with one attached hydrogen (secondary N) is 3. The Morgan fingerprint density at radius 2 is 0.974 bits per heavy atom. The minimum absolute atomic E-state index is 0.0248. The zero-order valence-electron chi connectivity index (χ0n) is 46.0. The van der Waals surface area contributed by atoms with E-state index in [2.05, 4.69) is 16.0 Å². The number of rotatable bonds is 21. The molecule has 0 aromatic heterocycles. The van der Waals surface area contributed by atoms with E-state index in [0.29, 0.717) is 63.4 Å². The first-order valence-electron chi connectivity index (χ1n) is 28.6. The molecule has 4 aromatic rings. The van der Waals surface area contributed by atoms with Crippen molar-refractivity contribution in [2.45, 2.75) is 128 Å². The maximum atomic E-state index is 14.9.